The summed E-state index contributed by atoms with van der Waals surface area (Å²) in [6.45, 7) is 2.21. The molecule has 0 N–H and O–H groups in total. The van der Waals surface area contributed by atoms with Gasteiger partial charge in [-0.15, -0.1) is 10.2 Å². The van der Waals surface area contributed by atoms with Crippen LogP contribution in [0.25, 0.3) is 33.7 Å². The van der Waals surface area contributed by atoms with Crippen molar-refractivity contribution in [3.05, 3.63) is 127 Å². The van der Waals surface area contributed by atoms with Crippen molar-refractivity contribution >= 4 is 27.8 Å². The largest absolute Gasteiger partial charge is 0.416 e. The first-order valence-corrected chi connectivity index (χ1v) is 12.7. The monoisotopic (exact) mass is 481 g/mol. The molecular formula is C33H27N3O. The van der Waals surface area contributed by atoms with Gasteiger partial charge < -0.3 is 9.32 Å². The minimum atomic E-state index is 0.504. The Morgan fingerprint density at radius 2 is 1.22 bits per heavy atom. The molecular weight excluding hydrogens is 454 g/mol. The lowest BCUT2D eigenvalue weighted by molar-refractivity contribution is 0.585. The maximum Gasteiger partial charge on any atom is 0.248 e. The Balaban J connectivity index is 1.33. The predicted octanol–water partition coefficient (Wildman–Crippen LogP) is 8.98. The summed E-state index contributed by atoms with van der Waals surface area (Å²) in [5.41, 5.74) is 6.47. The van der Waals surface area contributed by atoms with Crippen molar-refractivity contribution in [3.63, 3.8) is 0 Å². The minimum Gasteiger partial charge on any atom is -0.416 e. The molecule has 0 spiro atoms. The number of fused-ring (bicyclic) bond motifs is 1. The molecule has 6 rings (SSSR count). The molecule has 1 heterocycles. The first-order valence-electron chi connectivity index (χ1n) is 12.7. The van der Waals surface area contributed by atoms with Crippen molar-refractivity contribution in [2.75, 3.05) is 4.90 Å². The molecule has 0 amide bonds. The zero-order valence-corrected chi connectivity index (χ0v) is 20.7. The van der Waals surface area contributed by atoms with E-state index in [9.17, 15) is 0 Å². The van der Waals surface area contributed by atoms with Gasteiger partial charge in [-0.1, -0.05) is 80.1 Å². The number of anilines is 3. The van der Waals surface area contributed by atoms with E-state index in [0.29, 0.717) is 11.8 Å². The van der Waals surface area contributed by atoms with Crippen molar-refractivity contribution in [1.29, 1.82) is 0 Å². The van der Waals surface area contributed by atoms with E-state index >= 15 is 0 Å². The third-order valence-corrected chi connectivity index (χ3v) is 6.57. The molecule has 4 nitrogen and oxygen atoms in total. The molecule has 0 aliphatic rings. The lowest BCUT2D eigenvalue weighted by atomic mass is 10.0. The molecule has 5 aromatic carbocycles. The van der Waals surface area contributed by atoms with Crippen LogP contribution in [-0.2, 0) is 6.42 Å². The van der Waals surface area contributed by atoms with Crippen LogP contribution in [0.5, 0.6) is 0 Å². The van der Waals surface area contributed by atoms with Crippen molar-refractivity contribution in [1.82, 2.24) is 10.2 Å². The van der Waals surface area contributed by atoms with Crippen LogP contribution in [0.15, 0.2) is 126 Å². The van der Waals surface area contributed by atoms with Gasteiger partial charge in [0.15, 0.2) is 0 Å². The molecule has 1 aromatic heterocycles. The number of hydrogen-bond donors (Lipinski definition) is 0. The summed E-state index contributed by atoms with van der Waals surface area (Å²) in [7, 11) is 0. The third-order valence-electron chi connectivity index (χ3n) is 6.57. The van der Waals surface area contributed by atoms with Gasteiger partial charge in [0.2, 0.25) is 11.8 Å². The van der Waals surface area contributed by atoms with Crippen LogP contribution in [0.4, 0.5) is 17.1 Å². The van der Waals surface area contributed by atoms with Crippen molar-refractivity contribution in [2.24, 2.45) is 0 Å². The van der Waals surface area contributed by atoms with Crippen LogP contribution in [0, 0.1) is 0 Å². The van der Waals surface area contributed by atoms with Crippen molar-refractivity contribution in [3.8, 4) is 22.9 Å². The standard InChI is InChI=1S/C33H27N3O/c1-2-9-24-16-20-28(21-17-24)36(27-12-4-3-5-13-27)29-22-18-26(19-23-29)32-34-35-33(37-32)31-15-8-11-25-10-6-7-14-30(25)31/h3-8,10-23H,2,9H2,1H3. The molecule has 0 fully saturated rings. The normalized spacial score (nSPS) is 11.1. The molecule has 0 aliphatic heterocycles. The number of aromatic nitrogens is 2. The average Bonchev–Trinajstić information content (AvgIpc) is 3.45. The van der Waals surface area contributed by atoms with Gasteiger partial charge >= 0.3 is 0 Å². The highest BCUT2D eigenvalue weighted by molar-refractivity contribution is 5.94. The van der Waals surface area contributed by atoms with Gasteiger partial charge in [-0.05, 0) is 77.4 Å². The molecule has 37 heavy (non-hydrogen) atoms. The molecule has 0 saturated carbocycles. The summed E-state index contributed by atoms with van der Waals surface area (Å²) in [6, 6.07) is 41.9. The van der Waals surface area contributed by atoms with E-state index < -0.39 is 0 Å². The topological polar surface area (TPSA) is 42.2 Å². The summed E-state index contributed by atoms with van der Waals surface area (Å²) in [5, 5.41) is 11.0. The molecule has 0 radical (unpaired) electrons. The molecule has 180 valence electrons. The number of nitrogens with zero attached hydrogens (tertiary/aromatic N) is 3. The van der Waals surface area contributed by atoms with Crippen LogP contribution in [0.1, 0.15) is 18.9 Å². The highest BCUT2D eigenvalue weighted by Gasteiger charge is 2.15. The molecule has 4 heteroatoms. The van der Waals surface area contributed by atoms with Crippen LogP contribution in [-0.4, -0.2) is 10.2 Å². The molecule has 0 atom stereocenters. The summed E-state index contributed by atoms with van der Waals surface area (Å²) < 4.78 is 6.13. The molecule has 0 saturated heterocycles. The fraction of sp³-hybridized carbons (Fsp3) is 0.0909. The highest BCUT2D eigenvalue weighted by Crippen LogP contribution is 2.36. The summed E-state index contributed by atoms with van der Waals surface area (Å²) in [6.07, 6.45) is 2.23. The van der Waals surface area contributed by atoms with E-state index in [2.05, 4.69) is 101 Å². The Labute approximate surface area is 216 Å². The van der Waals surface area contributed by atoms with E-state index in [1.807, 2.05) is 42.5 Å². The van der Waals surface area contributed by atoms with Crippen LogP contribution < -0.4 is 4.90 Å². The predicted molar refractivity (Wildman–Crippen MR) is 151 cm³/mol. The second kappa shape index (κ2) is 10.1. The van der Waals surface area contributed by atoms with Gasteiger partial charge in [0.05, 0.1) is 0 Å². The van der Waals surface area contributed by atoms with E-state index in [-0.39, 0.29) is 0 Å². The third kappa shape index (κ3) is 4.62. The average molecular weight is 482 g/mol. The van der Waals surface area contributed by atoms with E-state index in [4.69, 9.17) is 4.42 Å². The summed E-state index contributed by atoms with van der Waals surface area (Å²) in [5.74, 6) is 1.03. The Morgan fingerprint density at radius 1 is 0.595 bits per heavy atom. The Kier molecular flexibility index (Phi) is 6.22. The highest BCUT2D eigenvalue weighted by atomic mass is 16.4. The SMILES string of the molecule is CCCc1ccc(N(c2ccccc2)c2ccc(-c3nnc(-c4cccc5ccccc45)o3)cc2)cc1. The van der Waals surface area contributed by atoms with Crippen LogP contribution in [0.2, 0.25) is 0 Å². The molecule has 0 unspecified atom stereocenters. The van der Waals surface area contributed by atoms with Gasteiger partial charge in [0, 0.05) is 28.2 Å². The zero-order chi connectivity index (χ0) is 25.0. The smallest absolute Gasteiger partial charge is 0.248 e. The second-order valence-electron chi connectivity index (χ2n) is 9.07. The van der Waals surface area contributed by atoms with Gasteiger partial charge in [0.25, 0.3) is 0 Å². The number of benzene rings is 5. The minimum absolute atomic E-state index is 0.504. The molecule has 0 aliphatic carbocycles. The van der Waals surface area contributed by atoms with Gasteiger partial charge in [0.1, 0.15) is 0 Å². The second-order valence-corrected chi connectivity index (χ2v) is 9.07. The first-order chi connectivity index (χ1) is 18.3. The van der Waals surface area contributed by atoms with Crippen LogP contribution in [0.3, 0.4) is 0 Å². The van der Waals surface area contributed by atoms with Crippen molar-refractivity contribution in [2.45, 2.75) is 19.8 Å². The Hall–Kier alpha value is -4.70. The van der Waals surface area contributed by atoms with Gasteiger partial charge in [-0.3, -0.25) is 0 Å². The fourth-order valence-electron chi connectivity index (χ4n) is 4.74. The molecule has 6 aromatic rings. The number of rotatable bonds is 7. The fourth-order valence-corrected chi connectivity index (χ4v) is 4.74. The lowest BCUT2D eigenvalue weighted by Crippen LogP contribution is -2.09. The summed E-state index contributed by atoms with van der Waals surface area (Å²) in [4.78, 5) is 2.26. The van der Waals surface area contributed by atoms with E-state index in [1.165, 1.54) is 5.56 Å². The number of para-hydroxylation sites is 1. The summed E-state index contributed by atoms with van der Waals surface area (Å²) >= 11 is 0. The quantitative estimate of drug-likeness (QED) is 0.228. The first kappa shape index (κ1) is 22.7. The Bertz CT molecular complexity index is 1620. The van der Waals surface area contributed by atoms with E-state index in [1.54, 1.807) is 0 Å². The van der Waals surface area contributed by atoms with E-state index in [0.717, 1.165) is 51.8 Å². The van der Waals surface area contributed by atoms with Crippen LogP contribution >= 0.6 is 0 Å². The number of hydrogen-bond acceptors (Lipinski definition) is 4. The van der Waals surface area contributed by atoms with Gasteiger partial charge in [-0.25, -0.2) is 0 Å². The molecule has 0 bridgehead atoms. The number of aryl methyl sites for hydroxylation is 1. The van der Waals surface area contributed by atoms with Gasteiger partial charge in [-0.2, -0.15) is 0 Å². The Morgan fingerprint density at radius 3 is 1.97 bits per heavy atom. The maximum atomic E-state index is 6.13. The maximum absolute atomic E-state index is 6.13. The van der Waals surface area contributed by atoms with Crippen molar-refractivity contribution < 1.29 is 4.42 Å². The zero-order valence-electron chi connectivity index (χ0n) is 20.7. The lowest BCUT2D eigenvalue weighted by Gasteiger charge is -2.25.